The Morgan fingerprint density at radius 3 is 2.79 bits per heavy atom. The molecule has 4 nitrogen and oxygen atoms in total. The van der Waals surface area contributed by atoms with Crippen LogP contribution in [0.1, 0.15) is 39.5 Å². The molecular weight excluding hydrogens is 304 g/mol. The van der Waals surface area contributed by atoms with Gasteiger partial charge < -0.3 is 10.2 Å². The Balaban J connectivity index is 2.22. The first-order valence-corrected chi connectivity index (χ1v) is 7.91. The van der Waals surface area contributed by atoms with Gasteiger partial charge in [-0.1, -0.05) is 19.8 Å². The van der Waals surface area contributed by atoms with Crippen LogP contribution in [0, 0.1) is 5.92 Å². The van der Waals surface area contributed by atoms with E-state index >= 15 is 0 Å². The van der Waals surface area contributed by atoms with E-state index in [0.717, 1.165) is 28.6 Å². The highest BCUT2D eigenvalue weighted by Crippen LogP contribution is 2.34. The molecule has 1 heterocycles. The summed E-state index contributed by atoms with van der Waals surface area (Å²) in [6, 6.07) is 0.578. The van der Waals surface area contributed by atoms with Crippen LogP contribution < -0.4 is 10.2 Å². The maximum absolute atomic E-state index is 4.46. The number of nitrogens with zero attached hydrogens (tertiary/aromatic N) is 3. The lowest BCUT2D eigenvalue weighted by molar-refractivity contribution is 0.320. The Bertz CT molecular complexity index is 424. The van der Waals surface area contributed by atoms with E-state index in [1.54, 1.807) is 6.33 Å². The molecule has 2 unspecified atom stereocenters. The van der Waals surface area contributed by atoms with Crippen LogP contribution in [0.15, 0.2) is 10.8 Å². The molecule has 0 aromatic carbocycles. The van der Waals surface area contributed by atoms with Crippen LogP contribution in [0.5, 0.6) is 0 Å². The molecule has 0 saturated heterocycles. The van der Waals surface area contributed by atoms with E-state index in [4.69, 9.17) is 0 Å². The Hall–Kier alpha value is -0.840. The summed E-state index contributed by atoms with van der Waals surface area (Å²) in [5.41, 5.74) is 0. The predicted molar refractivity (Wildman–Crippen MR) is 83.7 cm³/mol. The van der Waals surface area contributed by atoms with Crippen molar-refractivity contribution in [2.75, 3.05) is 23.8 Å². The second-order valence-electron chi connectivity index (χ2n) is 5.33. The van der Waals surface area contributed by atoms with Crippen LogP contribution in [0.25, 0.3) is 0 Å². The summed E-state index contributed by atoms with van der Waals surface area (Å²) >= 11 is 3.64. The van der Waals surface area contributed by atoms with Crippen LogP contribution >= 0.6 is 15.9 Å². The lowest BCUT2D eigenvalue weighted by Gasteiger charge is -2.37. The monoisotopic (exact) mass is 326 g/mol. The van der Waals surface area contributed by atoms with Gasteiger partial charge in [-0.2, -0.15) is 0 Å². The molecule has 0 aliphatic heterocycles. The minimum absolute atomic E-state index is 0.578. The second-order valence-corrected chi connectivity index (χ2v) is 6.12. The highest BCUT2D eigenvalue weighted by Gasteiger charge is 2.27. The molecule has 106 valence electrons. The van der Waals surface area contributed by atoms with E-state index in [2.05, 4.69) is 57.0 Å². The van der Waals surface area contributed by atoms with Crippen molar-refractivity contribution in [2.24, 2.45) is 5.92 Å². The molecule has 5 heteroatoms. The van der Waals surface area contributed by atoms with Gasteiger partial charge in [0.15, 0.2) is 0 Å². The van der Waals surface area contributed by atoms with Gasteiger partial charge in [0.05, 0.1) is 0 Å². The van der Waals surface area contributed by atoms with Crippen LogP contribution in [-0.4, -0.2) is 29.6 Å². The number of halogens is 1. The molecule has 1 aromatic rings. The first-order chi connectivity index (χ1) is 9.15. The second kappa shape index (κ2) is 6.55. The standard InChI is InChI=1S/C14H23BrN4/c1-4-16-13-12(15)14(18-9-17-13)19(3)11-8-6-5-7-10(11)2/h9-11H,4-8H2,1-3H3,(H,16,17,18). The van der Waals surface area contributed by atoms with Crippen molar-refractivity contribution in [3.05, 3.63) is 10.8 Å². The van der Waals surface area contributed by atoms with Crippen LogP contribution in [0.2, 0.25) is 0 Å². The Labute approximate surface area is 124 Å². The molecule has 1 aromatic heterocycles. The fourth-order valence-electron chi connectivity index (χ4n) is 2.93. The molecule has 2 atom stereocenters. The summed E-state index contributed by atoms with van der Waals surface area (Å²) in [4.78, 5) is 11.1. The van der Waals surface area contributed by atoms with E-state index in [9.17, 15) is 0 Å². The number of hydrogen-bond donors (Lipinski definition) is 1. The molecule has 1 N–H and O–H groups in total. The van der Waals surface area contributed by atoms with E-state index in [0.29, 0.717) is 6.04 Å². The zero-order chi connectivity index (χ0) is 13.8. The van der Waals surface area contributed by atoms with E-state index < -0.39 is 0 Å². The minimum Gasteiger partial charge on any atom is -0.369 e. The quantitative estimate of drug-likeness (QED) is 0.916. The molecule has 0 spiro atoms. The van der Waals surface area contributed by atoms with Gasteiger partial charge in [-0.15, -0.1) is 0 Å². The van der Waals surface area contributed by atoms with Crippen molar-refractivity contribution in [3.63, 3.8) is 0 Å². The predicted octanol–water partition coefficient (Wildman–Crippen LogP) is 3.69. The molecule has 0 amide bonds. The van der Waals surface area contributed by atoms with Gasteiger partial charge in [-0.05, 0) is 41.6 Å². The van der Waals surface area contributed by atoms with Crippen molar-refractivity contribution in [1.82, 2.24) is 9.97 Å². The SMILES string of the molecule is CCNc1ncnc(N(C)C2CCCCC2C)c1Br. The third-order valence-corrected chi connectivity index (χ3v) is 4.74. The summed E-state index contributed by atoms with van der Waals surface area (Å²) < 4.78 is 0.970. The lowest BCUT2D eigenvalue weighted by atomic mass is 9.85. The summed E-state index contributed by atoms with van der Waals surface area (Å²) in [5.74, 6) is 2.59. The summed E-state index contributed by atoms with van der Waals surface area (Å²) in [6.07, 6.45) is 6.89. The molecule has 0 bridgehead atoms. The topological polar surface area (TPSA) is 41.1 Å². The smallest absolute Gasteiger partial charge is 0.148 e. The molecule has 0 radical (unpaired) electrons. The number of anilines is 2. The minimum atomic E-state index is 0.578. The highest BCUT2D eigenvalue weighted by atomic mass is 79.9. The summed E-state index contributed by atoms with van der Waals surface area (Å²) in [7, 11) is 2.15. The number of nitrogens with one attached hydrogen (secondary N) is 1. The van der Waals surface area contributed by atoms with Crippen molar-refractivity contribution in [2.45, 2.75) is 45.6 Å². The molecular formula is C14H23BrN4. The van der Waals surface area contributed by atoms with Gasteiger partial charge in [0, 0.05) is 19.6 Å². The third kappa shape index (κ3) is 3.19. The van der Waals surface area contributed by atoms with Gasteiger partial charge in [-0.25, -0.2) is 9.97 Å². The van der Waals surface area contributed by atoms with E-state index in [1.807, 2.05) is 0 Å². The molecule has 19 heavy (non-hydrogen) atoms. The van der Waals surface area contributed by atoms with Gasteiger partial charge in [-0.3, -0.25) is 0 Å². The van der Waals surface area contributed by atoms with Crippen LogP contribution in [0.4, 0.5) is 11.6 Å². The Kier molecular flexibility index (Phi) is 5.02. The summed E-state index contributed by atoms with van der Waals surface area (Å²) in [5, 5.41) is 3.26. The zero-order valence-electron chi connectivity index (χ0n) is 12.0. The van der Waals surface area contributed by atoms with Gasteiger partial charge in [0.1, 0.15) is 22.4 Å². The number of aromatic nitrogens is 2. The lowest BCUT2D eigenvalue weighted by Crippen LogP contribution is -2.39. The average Bonchev–Trinajstić information content (AvgIpc) is 2.41. The van der Waals surface area contributed by atoms with Crippen molar-refractivity contribution >= 4 is 27.6 Å². The Morgan fingerprint density at radius 2 is 2.11 bits per heavy atom. The molecule has 2 rings (SSSR count). The fourth-order valence-corrected chi connectivity index (χ4v) is 3.55. The normalized spacial score (nSPS) is 23.2. The summed E-state index contributed by atoms with van der Waals surface area (Å²) in [6.45, 7) is 5.28. The first kappa shape index (κ1) is 14.6. The van der Waals surface area contributed by atoms with Gasteiger partial charge >= 0.3 is 0 Å². The van der Waals surface area contributed by atoms with Crippen molar-refractivity contribution in [1.29, 1.82) is 0 Å². The molecule has 1 aliphatic carbocycles. The first-order valence-electron chi connectivity index (χ1n) is 7.12. The van der Waals surface area contributed by atoms with Crippen LogP contribution in [0.3, 0.4) is 0 Å². The average molecular weight is 327 g/mol. The maximum atomic E-state index is 4.46. The van der Waals surface area contributed by atoms with Gasteiger partial charge in [0.2, 0.25) is 0 Å². The number of hydrogen-bond acceptors (Lipinski definition) is 4. The van der Waals surface area contributed by atoms with E-state index in [1.165, 1.54) is 25.7 Å². The Morgan fingerprint density at radius 1 is 1.37 bits per heavy atom. The van der Waals surface area contributed by atoms with Crippen LogP contribution in [-0.2, 0) is 0 Å². The van der Waals surface area contributed by atoms with Crippen molar-refractivity contribution < 1.29 is 0 Å². The third-order valence-electron chi connectivity index (χ3n) is 4.01. The maximum Gasteiger partial charge on any atom is 0.148 e. The largest absolute Gasteiger partial charge is 0.369 e. The molecule has 1 saturated carbocycles. The molecule has 1 fully saturated rings. The number of rotatable bonds is 4. The van der Waals surface area contributed by atoms with E-state index in [-0.39, 0.29) is 0 Å². The highest BCUT2D eigenvalue weighted by molar-refractivity contribution is 9.10. The van der Waals surface area contributed by atoms with Crippen molar-refractivity contribution in [3.8, 4) is 0 Å². The molecule has 1 aliphatic rings. The zero-order valence-corrected chi connectivity index (χ0v) is 13.6. The van der Waals surface area contributed by atoms with Gasteiger partial charge in [0.25, 0.3) is 0 Å². The fraction of sp³-hybridized carbons (Fsp3) is 0.714.